The fourth-order valence-corrected chi connectivity index (χ4v) is 2.08. The Hall–Kier alpha value is -2.22. The van der Waals surface area contributed by atoms with Crippen LogP contribution >= 0.6 is 0 Å². The van der Waals surface area contributed by atoms with Gasteiger partial charge in [-0.25, -0.2) is 12.8 Å². The van der Waals surface area contributed by atoms with Crippen LogP contribution in [0.4, 0.5) is 16.0 Å². The van der Waals surface area contributed by atoms with Crippen LogP contribution in [0.25, 0.3) is 0 Å². The number of hydrogen-bond donors (Lipinski definition) is 2. The largest absolute Gasteiger partial charge is 0.365 e. The van der Waals surface area contributed by atoms with E-state index in [2.05, 4.69) is 20.2 Å². The molecule has 1 aromatic heterocycles. The molecule has 0 aliphatic heterocycles. The summed E-state index contributed by atoms with van der Waals surface area (Å²) in [6.07, 6.45) is 0. The summed E-state index contributed by atoms with van der Waals surface area (Å²) >= 11 is 0. The Balaban J connectivity index is 1.95. The molecule has 0 bridgehead atoms. The molecule has 0 amide bonds. The average molecular weight is 310 g/mol. The van der Waals surface area contributed by atoms with Crippen molar-refractivity contribution in [3.63, 3.8) is 0 Å². The van der Waals surface area contributed by atoms with E-state index in [4.69, 9.17) is 0 Å². The summed E-state index contributed by atoms with van der Waals surface area (Å²) < 4.78 is 37.8. The van der Waals surface area contributed by atoms with Crippen LogP contribution in [0.5, 0.6) is 0 Å². The van der Waals surface area contributed by atoms with Crippen molar-refractivity contribution >= 4 is 21.7 Å². The number of aromatic nitrogens is 2. The maximum Gasteiger partial charge on any atom is 0.233 e. The maximum atomic E-state index is 12.8. The van der Waals surface area contributed by atoms with Crippen molar-refractivity contribution in [2.45, 2.75) is 13.5 Å². The van der Waals surface area contributed by atoms with Crippen molar-refractivity contribution in [1.29, 1.82) is 0 Å². The van der Waals surface area contributed by atoms with E-state index >= 15 is 0 Å². The Morgan fingerprint density at radius 1 is 1.05 bits per heavy atom. The lowest BCUT2D eigenvalue weighted by atomic mass is 10.2. The van der Waals surface area contributed by atoms with Crippen LogP contribution < -0.4 is 10.0 Å². The van der Waals surface area contributed by atoms with Gasteiger partial charge in [-0.15, -0.1) is 10.2 Å². The number of nitrogens with zero attached hydrogens (tertiary/aromatic N) is 2. The summed E-state index contributed by atoms with van der Waals surface area (Å²) in [6.45, 7) is 2.00. The van der Waals surface area contributed by atoms with Crippen LogP contribution in [0.15, 0.2) is 36.4 Å². The van der Waals surface area contributed by atoms with Gasteiger partial charge in [0.1, 0.15) is 11.6 Å². The summed E-state index contributed by atoms with van der Waals surface area (Å²) in [5.41, 5.74) is 0.897. The van der Waals surface area contributed by atoms with Crippen molar-refractivity contribution in [2.24, 2.45) is 0 Å². The standard InChI is InChI=1S/C13H15FN4O2S/c1-2-21(19,20)18-13-8-7-12(16-17-13)15-9-10-3-5-11(14)6-4-10/h3-8H,2,9H2,1H3,(H,15,16)(H,17,18). The first-order valence-electron chi connectivity index (χ1n) is 6.31. The van der Waals surface area contributed by atoms with Gasteiger partial charge in [0.25, 0.3) is 0 Å². The Morgan fingerprint density at radius 3 is 2.24 bits per heavy atom. The first-order chi connectivity index (χ1) is 9.98. The molecule has 6 nitrogen and oxygen atoms in total. The molecule has 0 aliphatic carbocycles. The second-order valence-electron chi connectivity index (χ2n) is 4.29. The predicted octanol–water partition coefficient (Wildman–Crippen LogP) is 1.99. The van der Waals surface area contributed by atoms with Gasteiger partial charge in [0.05, 0.1) is 5.75 Å². The van der Waals surface area contributed by atoms with Crippen molar-refractivity contribution in [3.05, 3.63) is 47.8 Å². The lowest BCUT2D eigenvalue weighted by Gasteiger charge is -2.07. The van der Waals surface area contributed by atoms with Crippen LogP contribution in [0.3, 0.4) is 0 Å². The second-order valence-corrected chi connectivity index (χ2v) is 6.30. The molecule has 21 heavy (non-hydrogen) atoms. The number of halogens is 1. The van der Waals surface area contributed by atoms with Crippen molar-refractivity contribution < 1.29 is 12.8 Å². The smallest absolute Gasteiger partial charge is 0.233 e. The van der Waals surface area contributed by atoms with Crippen molar-refractivity contribution in [2.75, 3.05) is 15.8 Å². The van der Waals surface area contributed by atoms with Gasteiger partial charge in [0.2, 0.25) is 10.0 Å². The molecule has 0 unspecified atom stereocenters. The van der Waals surface area contributed by atoms with Crippen LogP contribution in [0.1, 0.15) is 12.5 Å². The van der Waals surface area contributed by atoms with Gasteiger partial charge in [-0.2, -0.15) is 0 Å². The van der Waals surface area contributed by atoms with E-state index in [1.165, 1.54) is 25.1 Å². The third kappa shape index (κ3) is 4.67. The highest BCUT2D eigenvalue weighted by atomic mass is 32.2. The highest BCUT2D eigenvalue weighted by Gasteiger charge is 2.07. The molecule has 112 valence electrons. The van der Waals surface area contributed by atoms with E-state index in [1.807, 2.05) is 0 Å². The molecule has 0 fully saturated rings. The first kappa shape index (κ1) is 15.2. The molecule has 0 atom stereocenters. The molecule has 2 aromatic rings. The Bertz CT molecular complexity index is 687. The summed E-state index contributed by atoms with van der Waals surface area (Å²) in [5, 5.41) is 10.7. The Morgan fingerprint density at radius 2 is 1.67 bits per heavy atom. The highest BCUT2D eigenvalue weighted by molar-refractivity contribution is 7.92. The lowest BCUT2D eigenvalue weighted by molar-refractivity contribution is 0.602. The molecule has 0 saturated carbocycles. The number of nitrogens with one attached hydrogen (secondary N) is 2. The average Bonchev–Trinajstić information content (AvgIpc) is 2.48. The van der Waals surface area contributed by atoms with Crippen LogP contribution in [0, 0.1) is 5.82 Å². The van der Waals surface area contributed by atoms with Crippen LogP contribution in [-0.4, -0.2) is 24.4 Å². The van der Waals surface area contributed by atoms with Crippen molar-refractivity contribution in [1.82, 2.24) is 10.2 Å². The zero-order valence-corrected chi connectivity index (χ0v) is 12.2. The molecular weight excluding hydrogens is 295 g/mol. The highest BCUT2D eigenvalue weighted by Crippen LogP contribution is 2.10. The van der Waals surface area contributed by atoms with E-state index in [-0.39, 0.29) is 17.4 Å². The van der Waals surface area contributed by atoms with Gasteiger partial charge >= 0.3 is 0 Å². The molecule has 1 aromatic carbocycles. The van der Waals surface area contributed by atoms with Gasteiger partial charge < -0.3 is 5.32 Å². The first-order valence-corrected chi connectivity index (χ1v) is 7.96. The van der Waals surface area contributed by atoms with Gasteiger partial charge in [-0.05, 0) is 36.8 Å². The summed E-state index contributed by atoms with van der Waals surface area (Å²) in [5.74, 6) is 0.355. The molecule has 0 aliphatic rings. The fourth-order valence-electron chi connectivity index (χ4n) is 1.51. The number of benzene rings is 1. The van der Waals surface area contributed by atoms with Gasteiger partial charge in [0.15, 0.2) is 5.82 Å². The Labute approximate surface area is 122 Å². The minimum absolute atomic E-state index is 0.0285. The van der Waals surface area contributed by atoms with Crippen LogP contribution in [-0.2, 0) is 16.6 Å². The molecule has 0 spiro atoms. The molecular formula is C13H15FN4O2S. The summed E-state index contributed by atoms with van der Waals surface area (Å²) in [7, 11) is -3.35. The topological polar surface area (TPSA) is 84.0 Å². The van der Waals surface area contributed by atoms with Crippen LogP contribution in [0.2, 0.25) is 0 Å². The monoisotopic (exact) mass is 310 g/mol. The molecule has 0 saturated heterocycles. The normalized spacial score (nSPS) is 11.1. The predicted molar refractivity (Wildman–Crippen MR) is 78.8 cm³/mol. The van der Waals surface area contributed by atoms with E-state index in [1.54, 1.807) is 18.2 Å². The van der Waals surface area contributed by atoms with Crippen molar-refractivity contribution in [3.8, 4) is 0 Å². The SMILES string of the molecule is CCS(=O)(=O)Nc1ccc(NCc2ccc(F)cc2)nn1. The minimum Gasteiger partial charge on any atom is -0.365 e. The summed E-state index contributed by atoms with van der Waals surface area (Å²) in [6, 6.07) is 9.23. The maximum absolute atomic E-state index is 12.8. The van der Waals surface area contributed by atoms with Gasteiger partial charge in [-0.3, -0.25) is 4.72 Å². The number of hydrogen-bond acceptors (Lipinski definition) is 5. The zero-order valence-electron chi connectivity index (χ0n) is 11.4. The van der Waals surface area contributed by atoms with E-state index in [9.17, 15) is 12.8 Å². The number of rotatable bonds is 6. The minimum atomic E-state index is -3.35. The second kappa shape index (κ2) is 6.49. The van der Waals surface area contributed by atoms with Gasteiger partial charge in [0, 0.05) is 6.54 Å². The zero-order chi connectivity index (χ0) is 15.3. The molecule has 1 heterocycles. The summed E-state index contributed by atoms with van der Waals surface area (Å²) in [4.78, 5) is 0. The van der Waals surface area contributed by atoms with E-state index in [0.29, 0.717) is 12.4 Å². The Kier molecular flexibility index (Phi) is 4.69. The third-order valence-electron chi connectivity index (χ3n) is 2.69. The number of sulfonamides is 1. The quantitative estimate of drug-likeness (QED) is 0.852. The molecule has 0 radical (unpaired) electrons. The molecule has 8 heteroatoms. The van der Waals surface area contributed by atoms with Gasteiger partial charge in [-0.1, -0.05) is 12.1 Å². The van der Waals surface area contributed by atoms with E-state index in [0.717, 1.165) is 5.56 Å². The lowest BCUT2D eigenvalue weighted by Crippen LogP contribution is -2.16. The number of anilines is 2. The van der Waals surface area contributed by atoms with E-state index < -0.39 is 10.0 Å². The molecule has 2 N–H and O–H groups in total. The fraction of sp³-hybridized carbons (Fsp3) is 0.231. The molecule has 2 rings (SSSR count). The third-order valence-corrected chi connectivity index (χ3v) is 3.97.